The highest BCUT2D eigenvalue weighted by Gasteiger charge is 2.34. The number of imide groups is 1. The van der Waals surface area contributed by atoms with Gasteiger partial charge in [0, 0.05) is 34.7 Å². The van der Waals surface area contributed by atoms with Gasteiger partial charge in [-0.05, 0) is 48.7 Å². The monoisotopic (exact) mass is 372 g/mol. The molecule has 3 aromatic carbocycles. The Morgan fingerprint density at radius 1 is 0.857 bits per heavy atom. The maximum atomic E-state index is 13.2. The smallest absolute Gasteiger partial charge is 0.265 e. The molecule has 1 aliphatic heterocycles. The van der Waals surface area contributed by atoms with Crippen molar-refractivity contribution < 1.29 is 19.2 Å². The van der Waals surface area contributed by atoms with Crippen LogP contribution in [0.2, 0.25) is 0 Å². The minimum absolute atomic E-state index is 0.131. The van der Waals surface area contributed by atoms with Gasteiger partial charge in [0.2, 0.25) is 5.91 Å². The average Bonchev–Trinajstić information content (AvgIpc) is 2.65. The first kappa shape index (κ1) is 17.6. The third kappa shape index (κ3) is 2.66. The zero-order valence-corrected chi connectivity index (χ0v) is 15.3. The van der Waals surface area contributed by atoms with Gasteiger partial charge in [-0.15, -0.1) is 0 Å². The molecule has 0 radical (unpaired) electrons. The Labute approximate surface area is 160 Å². The molecule has 0 aromatic heterocycles. The van der Waals surface area contributed by atoms with Crippen LogP contribution in [0.5, 0.6) is 0 Å². The molecule has 0 saturated heterocycles. The van der Waals surface area contributed by atoms with Gasteiger partial charge in [-0.25, -0.2) is 4.90 Å². The quantitative estimate of drug-likeness (QED) is 0.560. The van der Waals surface area contributed by atoms with E-state index in [2.05, 4.69) is 5.32 Å². The van der Waals surface area contributed by atoms with E-state index in [1.54, 1.807) is 54.6 Å². The van der Waals surface area contributed by atoms with Crippen LogP contribution in [0.4, 0.5) is 11.4 Å². The fourth-order valence-corrected chi connectivity index (χ4v) is 3.56. The third-order valence-electron chi connectivity index (χ3n) is 4.71. The van der Waals surface area contributed by atoms with Crippen LogP contribution in [-0.2, 0) is 4.79 Å². The summed E-state index contributed by atoms with van der Waals surface area (Å²) in [7, 11) is 0. The number of amides is 3. The highest BCUT2D eigenvalue weighted by molar-refractivity contribution is 6.36. The molecule has 0 spiro atoms. The first-order valence-electron chi connectivity index (χ1n) is 8.71. The molecule has 1 N–H and O–H groups in total. The van der Waals surface area contributed by atoms with Crippen LogP contribution in [0, 0.1) is 0 Å². The van der Waals surface area contributed by atoms with Crippen molar-refractivity contribution in [3.05, 3.63) is 71.3 Å². The topological polar surface area (TPSA) is 83.6 Å². The number of nitrogens with one attached hydrogen (secondary N) is 1. The van der Waals surface area contributed by atoms with Gasteiger partial charge >= 0.3 is 0 Å². The Morgan fingerprint density at radius 3 is 2.21 bits per heavy atom. The fraction of sp³-hybridized carbons (Fsp3) is 0.0909. The van der Waals surface area contributed by atoms with Gasteiger partial charge in [0.1, 0.15) is 0 Å². The third-order valence-corrected chi connectivity index (χ3v) is 4.71. The largest absolute Gasteiger partial charge is 0.326 e. The molecule has 6 nitrogen and oxygen atoms in total. The number of nitrogens with zero attached hydrogens (tertiary/aromatic N) is 1. The highest BCUT2D eigenvalue weighted by Crippen LogP contribution is 2.35. The summed E-state index contributed by atoms with van der Waals surface area (Å²) >= 11 is 0. The number of ketones is 1. The number of hydrogen-bond donors (Lipinski definition) is 1. The number of carbonyl (C=O) groups is 4. The second-order valence-electron chi connectivity index (χ2n) is 6.62. The van der Waals surface area contributed by atoms with E-state index in [1.807, 2.05) is 0 Å². The Morgan fingerprint density at radius 2 is 1.54 bits per heavy atom. The van der Waals surface area contributed by atoms with E-state index < -0.39 is 11.8 Å². The van der Waals surface area contributed by atoms with Crippen LogP contribution < -0.4 is 10.2 Å². The SMILES string of the molecule is CC(=O)Nc1cccc(N2C(=O)c3cccc4c(C(C)=O)ccc(c34)C2=O)c1. The Kier molecular flexibility index (Phi) is 4.04. The lowest BCUT2D eigenvalue weighted by Crippen LogP contribution is -2.40. The van der Waals surface area contributed by atoms with Crippen molar-refractivity contribution in [1.29, 1.82) is 0 Å². The summed E-state index contributed by atoms with van der Waals surface area (Å²) in [5, 5.41) is 3.74. The molecule has 0 fully saturated rings. The van der Waals surface area contributed by atoms with Crippen molar-refractivity contribution in [3.8, 4) is 0 Å². The maximum absolute atomic E-state index is 13.2. The summed E-state index contributed by atoms with van der Waals surface area (Å²) in [5.41, 5.74) is 2.05. The van der Waals surface area contributed by atoms with Crippen molar-refractivity contribution in [2.45, 2.75) is 13.8 Å². The number of Topliss-reactive ketones (excluding diaryl/α,β-unsaturated/α-hetero) is 1. The zero-order chi connectivity index (χ0) is 20.0. The van der Waals surface area contributed by atoms with Gasteiger partial charge < -0.3 is 5.32 Å². The lowest BCUT2D eigenvalue weighted by atomic mass is 9.90. The van der Waals surface area contributed by atoms with Gasteiger partial charge in [0.15, 0.2) is 5.78 Å². The summed E-state index contributed by atoms with van der Waals surface area (Å²) in [5.74, 6) is -1.32. The summed E-state index contributed by atoms with van der Waals surface area (Å²) in [6.45, 7) is 2.84. The molecule has 1 aliphatic rings. The van der Waals surface area contributed by atoms with E-state index in [0.717, 1.165) is 4.90 Å². The summed E-state index contributed by atoms with van der Waals surface area (Å²) in [6, 6.07) is 14.8. The second-order valence-corrected chi connectivity index (χ2v) is 6.62. The molecule has 0 bridgehead atoms. The van der Waals surface area contributed by atoms with Crippen LogP contribution in [0.1, 0.15) is 44.9 Å². The molecule has 4 rings (SSSR count). The summed E-state index contributed by atoms with van der Waals surface area (Å²) in [6.07, 6.45) is 0. The average molecular weight is 372 g/mol. The molecule has 28 heavy (non-hydrogen) atoms. The van der Waals surface area contributed by atoms with E-state index in [-0.39, 0.29) is 11.7 Å². The first-order chi connectivity index (χ1) is 13.4. The number of carbonyl (C=O) groups excluding carboxylic acids is 4. The van der Waals surface area contributed by atoms with Crippen LogP contribution in [-0.4, -0.2) is 23.5 Å². The minimum atomic E-state index is -0.469. The Hall–Kier alpha value is -3.80. The van der Waals surface area contributed by atoms with Crippen molar-refractivity contribution in [2.75, 3.05) is 10.2 Å². The van der Waals surface area contributed by atoms with Crippen molar-refractivity contribution in [3.63, 3.8) is 0 Å². The summed E-state index contributed by atoms with van der Waals surface area (Å²) < 4.78 is 0. The molecule has 0 saturated carbocycles. The van der Waals surface area contributed by atoms with Crippen LogP contribution >= 0.6 is 0 Å². The van der Waals surface area contributed by atoms with E-state index >= 15 is 0 Å². The molecule has 0 unspecified atom stereocenters. The summed E-state index contributed by atoms with van der Waals surface area (Å²) in [4.78, 5) is 50.7. The van der Waals surface area contributed by atoms with Crippen LogP contribution in [0.15, 0.2) is 54.6 Å². The van der Waals surface area contributed by atoms with E-state index in [1.165, 1.54) is 13.8 Å². The lowest BCUT2D eigenvalue weighted by Gasteiger charge is -2.28. The van der Waals surface area contributed by atoms with E-state index in [4.69, 9.17) is 0 Å². The molecule has 3 aromatic rings. The molecule has 3 amide bonds. The predicted octanol–water partition coefficient (Wildman–Crippen LogP) is 3.80. The second kappa shape index (κ2) is 6.42. The van der Waals surface area contributed by atoms with Crippen molar-refractivity contribution >= 4 is 45.7 Å². The van der Waals surface area contributed by atoms with Crippen molar-refractivity contribution in [2.24, 2.45) is 0 Å². The predicted molar refractivity (Wildman–Crippen MR) is 106 cm³/mol. The molecule has 0 atom stereocenters. The maximum Gasteiger partial charge on any atom is 0.265 e. The molecule has 138 valence electrons. The standard InChI is InChI=1S/C22H16N2O4/c1-12(25)16-9-10-19-20-17(16)7-4-8-18(20)21(27)24(22(19)28)15-6-3-5-14(11-15)23-13(2)26/h3-11H,1-2H3,(H,23,26). The van der Waals surface area contributed by atoms with Crippen LogP contribution in [0.3, 0.4) is 0 Å². The number of hydrogen-bond acceptors (Lipinski definition) is 4. The number of rotatable bonds is 3. The van der Waals surface area contributed by atoms with E-state index in [0.29, 0.717) is 38.8 Å². The van der Waals surface area contributed by atoms with Gasteiger partial charge in [0.05, 0.1) is 5.69 Å². The minimum Gasteiger partial charge on any atom is -0.326 e. The molecule has 1 heterocycles. The molecule has 6 heteroatoms. The first-order valence-corrected chi connectivity index (χ1v) is 8.71. The molecular formula is C22H16N2O4. The Balaban J connectivity index is 1.90. The number of benzene rings is 3. The van der Waals surface area contributed by atoms with E-state index in [9.17, 15) is 19.2 Å². The van der Waals surface area contributed by atoms with Gasteiger partial charge in [0.25, 0.3) is 11.8 Å². The fourth-order valence-electron chi connectivity index (χ4n) is 3.56. The van der Waals surface area contributed by atoms with Crippen molar-refractivity contribution in [1.82, 2.24) is 0 Å². The van der Waals surface area contributed by atoms with Crippen LogP contribution in [0.25, 0.3) is 10.8 Å². The lowest BCUT2D eigenvalue weighted by molar-refractivity contribution is -0.114. The Bertz CT molecular complexity index is 1170. The zero-order valence-electron chi connectivity index (χ0n) is 15.3. The van der Waals surface area contributed by atoms with Gasteiger partial charge in [-0.3, -0.25) is 19.2 Å². The highest BCUT2D eigenvalue weighted by atomic mass is 16.2. The van der Waals surface area contributed by atoms with Gasteiger partial charge in [-0.1, -0.05) is 18.2 Å². The molecular weight excluding hydrogens is 356 g/mol. The normalized spacial score (nSPS) is 13.0. The van der Waals surface area contributed by atoms with Gasteiger partial charge in [-0.2, -0.15) is 0 Å². The molecule has 0 aliphatic carbocycles. The number of anilines is 2.